The number of Topliss-reactive ketones (excluding diaryl/α,β-unsaturated/α-hetero) is 1. The highest BCUT2D eigenvalue weighted by atomic mass is 16.4. The number of likely N-dealkylation sites (tertiary alicyclic amines) is 1. The zero-order valence-electron chi connectivity index (χ0n) is 32.0. The summed E-state index contributed by atoms with van der Waals surface area (Å²) in [6.45, 7) is 9.65. The Morgan fingerprint density at radius 3 is 2.06 bits per heavy atom. The number of aliphatic carboxylic acids is 1. The highest BCUT2D eigenvalue weighted by Crippen LogP contribution is 2.26. The minimum atomic E-state index is -1.38. The van der Waals surface area contributed by atoms with Gasteiger partial charge in [0.25, 0.3) is 0 Å². The van der Waals surface area contributed by atoms with Crippen molar-refractivity contribution in [3.63, 3.8) is 0 Å². The minimum Gasteiger partial charge on any atom is -0.480 e. The molecule has 1 saturated heterocycles. The van der Waals surface area contributed by atoms with Crippen LogP contribution < -0.4 is 27.4 Å². The lowest BCUT2D eigenvalue weighted by Gasteiger charge is -2.38. The van der Waals surface area contributed by atoms with E-state index in [2.05, 4.69) is 41.9 Å². The number of benzene rings is 2. The zero-order valence-corrected chi connectivity index (χ0v) is 32.0. The smallest absolute Gasteiger partial charge is 0.323 e. The highest BCUT2D eigenvalue weighted by molar-refractivity contribution is 5.95. The van der Waals surface area contributed by atoms with Crippen LogP contribution in [0.25, 0.3) is 0 Å². The number of nitrogens with one attached hydrogen (secondary N) is 3. The maximum absolute atomic E-state index is 14.0. The maximum atomic E-state index is 14.0. The average molecular weight is 735 g/mol. The van der Waals surface area contributed by atoms with E-state index < -0.39 is 35.4 Å². The molecule has 12 heteroatoms. The first-order chi connectivity index (χ1) is 25.2. The van der Waals surface area contributed by atoms with E-state index in [0.717, 1.165) is 5.56 Å². The largest absolute Gasteiger partial charge is 0.480 e. The van der Waals surface area contributed by atoms with E-state index in [1.165, 1.54) is 5.56 Å². The zero-order chi connectivity index (χ0) is 39.0. The van der Waals surface area contributed by atoms with Crippen LogP contribution in [0.5, 0.6) is 0 Å². The second-order valence-electron chi connectivity index (χ2n) is 15.3. The lowest BCUT2D eigenvalue weighted by Crippen LogP contribution is -2.57. The fraction of sp³-hybridized carbons (Fsp3) is 0.585. The van der Waals surface area contributed by atoms with Gasteiger partial charge in [0.1, 0.15) is 11.6 Å². The number of carboxylic acids is 1. The van der Waals surface area contributed by atoms with Crippen LogP contribution in [0.4, 0.5) is 0 Å². The first kappa shape index (κ1) is 43.3. The molecule has 2 aromatic rings. The van der Waals surface area contributed by atoms with Crippen molar-refractivity contribution in [1.82, 2.24) is 20.9 Å². The molecule has 0 unspecified atom stereocenters. The third kappa shape index (κ3) is 14.0. The van der Waals surface area contributed by atoms with Crippen molar-refractivity contribution in [2.75, 3.05) is 32.7 Å². The van der Waals surface area contributed by atoms with Gasteiger partial charge < -0.3 is 37.4 Å². The van der Waals surface area contributed by atoms with Gasteiger partial charge in [-0.2, -0.15) is 0 Å². The summed E-state index contributed by atoms with van der Waals surface area (Å²) < 4.78 is 0. The summed E-state index contributed by atoms with van der Waals surface area (Å²) in [5.74, 6) is -2.42. The van der Waals surface area contributed by atoms with Crippen molar-refractivity contribution in [2.24, 2.45) is 29.2 Å². The number of carbonyl (C=O) groups is 5. The molecule has 292 valence electrons. The molecule has 1 fully saturated rings. The Balaban J connectivity index is 1.73. The number of nitrogens with two attached hydrogens (primary N) is 2. The van der Waals surface area contributed by atoms with Crippen LogP contribution in [0.1, 0.15) is 89.7 Å². The number of hydrogen-bond donors (Lipinski definition) is 6. The molecule has 0 bridgehead atoms. The number of amides is 3. The van der Waals surface area contributed by atoms with Gasteiger partial charge in [-0.15, -0.1) is 0 Å². The normalized spacial score (nSPS) is 16.4. The number of ketones is 1. The monoisotopic (exact) mass is 734 g/mol. The fourth-order valence-corrected chi connectivity index (χ4v) is 6.93. The number of nitrogens with zero attached hydrogens (tertiary/aromatic N) is 1. The van der Waals surface area contributed by atoms with Crippen molar-refractivity contribution >= 4 is 29.5 Å². The third-order valence-electron chi connectivity index (χ3n) is 10.2. The van der Waals surface area contributed by atoms with E-state index in [1.54, 1.807) is 4.90 Å². The number of rotatable bonds is 22. The van der Waals surface area contributed by atoms with Crippen LogP contribution in [0, 0.1) is 17.8 Å². The second-order valence-corrected chi connectivity index (χ2v) is 15.3. The number of unbranched alkanes of at least 4 members (excludes halogenated alkanes) is 1. The Labute approximate surface area is 315 Å². The molecule has 3 rings (SSSR count). The van der Waals surface area contributed by atoms with Crippen LogP contribution in [-0.4, -0.2) is 89.8 Å². The summed E-state index contributed by atoms with van der Waals surface area (Å²) in [5.41, 5.74) is 12.4. The van der Waals surface area contributed by atoms with Crippen LogP contribution in [0.3, 0.4) is 0 Å². The lowest BCUT2D eigenvalue weighted by molar-refractivity contribution is -0.149. The van der Waals surface area contributed by atoms with Crippen LogP contribution >= 0.6 is 0 Å². The summed E-state index contributed by atoms with van der Waals surface area (Å²) in [6, 6.07) is 17.7. The quantitative estimate of drug-likeness (QED) is 0.0983. The number of hydrogen-bond acceptors (Lipinski definition) is 8. The molecule has 0 saturated carbocycles. The fourth-order valence-electron chi connectivity index (χ4n) is 6.93. The van der Waals surface area contributed by atoms with Crippen molar-refractivity contribution in [2.45, 2.75) is 103 Å². The molecule has 12 nitrogen and oxygen atoms in total. The molecule has 0 aromatic heterocycles. The minimum absolute atomic E-state index is 0.0177. The first-order valence-electron chi connectivity index (χ1n) is 19.2. The van der Waals surface area contributed by atoms with Gasteiger partial charge in [-0.05, 0) is 67.5 Å². The van der Waals surface area contributed by atoms with Gasteiger partial charge in [-0.1, -0.05) is 94.8 Å². The predicted molar refractivity (Wildman–Crippen MR) is 207 cm³/mol. The summed E-state index contributed by atoms with van der Waals surface area (Å²) in [6.07, 6.45) is 2.53. The van der Waals surface area contributed by atoms with Crippen molar-refractivity contribution in [3.05, 3.63) is 71.8 Å². The van der Waals surface area contributed by atoms with Gasteiger partial charge in [0.05, 0.1) is 12.6 Å². The number of carboxylic acid groups (broad SMARTS) is 1. The van der Waals surface area contributed by atoms with Gasteiger partial charge in [0, 0.05) is 38.4 Å². The van der Waals surface area contributed by atoms with Gasteiger partial charge >= 0.3 is 5.97 Å². The van der Waals surface area contributed by atoms with E-state index in [0.29, 0.717) is 44.7 Å². The Morgan fingerprint density at radius 2 is 1.49 bits per heavy atom. The van der Waals surface area contributed by atoms with Crippen LogP contribution in [0.2, 0.25) is 0 Å². The summed E-state index contributed by atoms with van der Waals surface area (Å²) in [7, 11) is 0. The first-order valence-corrected chi connectivity index (χ1v) is 19.2. The molecule has 0 spiro atoms. The van der Waals surface area contributed by atoms with Crippen LogP contribution in [-0.2, 0) is 30.4 Å². The van der Waals surface area contributed by atoms with E-state index in [9.17, 15) is 29.1 Å². The standard InChI is InChI=1S/C41H62N6O6/c1-28(2)23-34(36(48)25-32(17-11-12-20-42)39(51)47-21-18-41(43,19-22-47)40(52)53)46-38(50)35(24-30-13-7-5-8-14-30)45-37(49)27-44-26-33(29(3)4)31-15-9-6-10-16-31/h5-10,13-16,28-29,32-35,44H,11-12,17-27,42-43H2,1-4H3,(H,45,49)(H,46,50)(H,52,53)/t32-,33+,34+,35+/m0/s1. The average Bonchev–Trinajstić information content (AvgIpc) is 3.12. The van der Waals surface area contributed by atoms with Gasteiger partial charge in [0.15, 0.2) is 5.78 Å². The number of piperidine rings is 1. The second kappa shape index (κ2) is 21.5. The van der Waals surface area contributed by atoms with E-state index in [-0.39, 0.29) is 74.8 Å². The third-order valence-corrected chi connectivity index (χ3v) is 10.2. The molecule has 8 N–H and O–H groups in total. The van der Waals surface area contributed by atoms with Gasteiger partial charge in [0.2, 0.25) is 17.7 Å². The number of carbonyl (C=O) groups excluding carboxylic acids is 4. The highest BCUT2D eigenvalue weighted by Gasteiger charge is 2.40. The van der Waals surface area contributed by atoms with E-state index in [4.69, 9.17) is 11.5 Å². The Morgan fingerprint density at radius 1 is 0.868 bits per heavy atom. The lowest BCUT2D eigenvalue weighted by atomic mass is 9.86. The summed E-state index contributed by atoms with van der Waals surface area (Å²) >= 11 is 0. The molecule has 4 atom stereocenters. The van der Waals surface area contributed by atoms with Crippen molar-refractivity contribution in [3.8, 4) is 0 Å². The Bertz CT molecular complexity index is 1460. The molecule has 53 heavy (non-hydrogen) atoms. The summed E-state index contributed by atoms with van der Waals surface area (Å²) in [5, 5.41) is 18.7. The van der Waals surface area contributed by atoms with Crippen molar-refractivity contribution in [1.29, 1.82) is 0 Å². The van der Waals surface area contributed by atoms with Crippen molar-refractivity contribution < 1.29 is 29.1 Å². The molecule has 3 amide bonds. The molecule has 1 aliphatic rings. The van der Waals surface area contributed by atoms with Gasteiger partial charge in [-0.25, -0.2) is 0 Å². The predicted octanol–water partition coefficient (Wildman–Crippen LogP) is 3.38. The topological polar surface area (TPSA) is 197 Å². The molecule has 2 aromatic carbocycles. The summed E-state index contributed by atoms with van der Waals surface area (Å²) in [4.78, 5) is 68.3. The van der Waals surface area contributed by atoms with Gasteiger partial charge in [-0.3, -0.25) is 24.0 Å². The van der Waals surface area contributed by atoms with E-state index in [1.807, 2.05) is 62.4 Å². The molecule has 1 aliphatic heterocycles. The molecule has 0 radical (unpaired) electrons. The molecule has 1 heterocycles. The Kier molecular flexibility index (Phi) is 17.6. The maximum Gasteiger partial charge on any atom is 0.323 e. The molecular formula is C41H62N6O6. The van der Waals surface area contributed by atoms with Crippen LogP contribution in [0.15, 0.2) is 60.7 Å². The molecular weight excluding hydrogens is 672 g/mol. The SMILES string of the molecule is CC(C)C[C@@H](NC(=O)[C@@H](Cc1ccccc1)NC(=O)CNC[C@@H](c1ccccc1)C(C)C)C(=O)C[C@H](CCCCN)C(=O)N1CCC(N)(C(=O)O)CC1. The molecule has 0 aliphatic carbocycles. The van der Waals surface area contributed by atoms with E-state index >= 15 is 0 Å². The Hall–Kier alpha value is -4.13.